The molecule has 1 amide bonds. The standard InChI is InChI=1S/C19H17ClN2O2S/c1-2-11-22-18(24)17(12-13-3-9-16(23)10-4-13)25-19(22)21-15-7-5-14(20)6-8-15/h3-10,12,23H,2,11H2,1H3/b17-12-,21-19?. The quantitative estimate of drug-likeness (QED) is 0.763. The SMILES string of the molecule is CCCN1C(=O)/C(=C/c2ccc(O)cc2)SC1=Nc1ccc(Cl)cc1. The van der Waals surface area contributed by atoms with E-state index in [1.807, 2.05) is 25.1 Å². The summed E-state index contributed by atoms with van der Waals surface area (Å²) in [5.41, 5.74) is 1.62. The molecule has 1 saturated heterocycles. The highest BCUT2D eigenvalue weighted by Crippen LogP contribution is 2.34. The Labute approximate surface area is 155 Å². The molecule has 3 rings (SSSR count). The highest BCUT2D eigenvalue weighted by atomic mass is 35.5. The van der Waals surface area contributed by atoms with Crippen molar-refractivity contribution >= 4 is 46.2 Å². The molecule has 128 valence electrons. The van der Waals surface area contributed by atoms with Crippen LogP contribution in [0.3, 0.4) is 0 Å². The van der Waals surface area contributed by atoms with Crippen LogP contribution in [0.5, 0.6) is 5.75 Å². The fraction of sp³-hybridized carbons (Fsp3) is 0.158. The molecule has 0 spiro atoms. The van der Waals surface area contributed by atoms with E-state index in [1.54, 1.807) is 41.3 Å². The number of carbonyl (C=O) groups is 1. The molecule has 1 aliphatic rings. The molecule has 4 nitrogen and oxygen atoms in total. The van der Waals surface area contributed by atoms with Crippen molar-refractivity contribution < 1.29 is 9.90 Å². The Bertz CT molecular complexity index is 830. The van der Waals surface area contributed by atoms with Crippen LogP contribution in [0.2, 0.25) is 5.02 Å². The first-order valence-corrected chi connectivity index (χ1v) is 9.11. The molecule has 25 heavy (non-hydrogen) atoms. The zero-order valence-electron chi connectivity index (χ0n) is 13.6. The van der Waals surface area contributed by atoms with Crippen LogP contribution in [0.1, 0.15) is 18.9 Å². The Balaban J connectivity index is 1.91. The van der Waals surface area contributed by atoms with E-state index in [1.165, 1.54) is 11.8 Å². The van der Waals surface area contributed by atoms with E-state index in [2.05, 4.69) is 4.99 Å². The number of aromatic hydroxyl groups is 1. The average Bonchev–Trinajstić information content (AvgIpc) is 2.88. The Kier molecular flexibility index (Phi) is 5.46. The lowest BCUT2D eigenvalue weighted by atomic mass is 10.2. The fourth-order valence-corrected chi connectivity index (χ4v) is 3.51. The summed E-state index contributed by atoms with van der Waals surface area (Å²) in [6.07, 6.45) is 2.66. The van der Waals surface area contributed by atoms with Crippen LogP contribution in [0.4, 0.5) is 5.69 Å². The number of phenolic OH excluding ortho intramolecular Hbond substituents is 1. The predicted molar refractivity (Wildman–Crippen MR) is 104 cm³/mol. The summed E-state index contributed by atoms with van der Waals surface area (Å²) in [4.78, 5) is 19.6. The second-order valence-electron chi connectivity index (χ2n) is 5.53. The minimum absolute atomic E-state index is 0.0485. The second kappa shape index (κ2) is 7.76. The molecule has 1 aliphatic heterocycles. The largest absolute Gasteiger partial charge is 0.508 e. The first kappa shape index (κ1) is 17.6. The smallest absolute Gasteiger partial charge is 0.266 e. The van der Waals surface area contributed by atoms with Gasteiger partial charge in [0.25, 0.3) is 5.91 Å². The van der Waals surface area contributed by atoms with E-state index in [4.69, 9.17) is 11.6 Å². The summed E-state index contributed by atoms with van der Waals surface area (Å²) in [7, 11) is 0. The van der Waals surface area contributed by atoms with Gasteiger partial charge in [0.1, 0.15) is 5.75 Å². The van der Waals surface area contributed by atoms with Crippen molar-refractivity contribution in [3.05, 3.63) is 64.0 Å². The molecule has 2 aromatic carbocycles. The van der Waals surface area contributed by atoms with E-state index in [9.17, 15) is 9.90 Å². The highest BCUT2D eigenvalue weighted by Gasteiger charge is 2.32. The number of halogens is 1. The van der Waals surface area contributed by atoms with Crippen LogP contribution in [-0.2, 0) is 4.79 Å². The van der Waals surface area contributed by atoms with Crippen molar-refractivity contribution in [2.24, 2.45) is 4.99 Å². The zero-order chi connectivity index (χ0) is 17.8. The number of hydrogen-bond donors (Lipinski definition) is 1. The molecule has 0 bridgehead atoms. The van der Waals surface area contributed by atoms with Gasteiger partial charge < -0.3 is 5.11 Å². The summed E-state index contributed by atoms with van der Waals surface area (Å²) in [6, 6.07) is 14.0. The molecule has 0 aromatic heterocycles. The highest BCUT2D eigenvalue weighted by molar-refractivity contribution is 8.18. The van der Waals surface area contributed by atoms with Crippen LogP contribution in [0.15, 0.2) is 58.4 Å². The van der Waals surface area contributed by atoms with Crippen molar-refractivity contribution in [2.75, 3.05) is 6.54 Å². The van der Waals surface area contributed by atoms with E-state index >= 15 is 0 Å². The normalized spacial score (nSPS) is 17.7. The Hall–Kier alpha value is -2.24. The van der Waals surface area contributed by atoms with Gasteiger partial charge >= 0.3 is 0 Å². The predicted octanol–water partition coefficient (Wildman–Crippen LogP) is 5.06. The van der Waals surface area contributed by atoms with Gasteiger partial charge in [0.05, 0.1) is 10.6 Å². The summed E-state index contributed by atoms with van der Waals surface area (Å²) in [6.45, 7) is 2.64. The van der Waals surface area contributed by atoms with Crippen molar-refractivity contribution in [3.63, 3.8) is 0 Å². The van der Waals surface area contributed by atoms with Gasteiger partial charge in [0, 0.05) is 11.6 Å². The van der Waals surface area contributed by atoms with Gasteiger partial charge in [-0.25, -0.2) is 4.99 Å². The Morgan fingerprint density at radius 3 is 2.48 bits per heavy atom. The van der Waals surface area contributed by atoms with Gasteiger partial charge in [0.2, 0.25) is 0 Å². The molecule has 0 radical (unpaired) electrons. The maximum absolute atomic E-state index is 12.7. The van der Waals surface area contributed by atoms with Gasteiger partial charge in [0.15, 0.2) is 5.17 Å². The Morgan fingerprint density at radius 2 is 1.84 bits per heavy atom. The second-order valence-corrected chi connectivity index (χ2v) is 6.98. The van der Waals surface area contributed by atoms with Crippen LogP contribution in [0.25, 0.3) is 6.08 Å². The summed E-state index contributed by atoms with van der Waals surface area (Å²) in [5.74, 6) is 0.151. The molecule has 0 unspecified atom stereocenters. The topological polar surface area (TPSA) is 52.9 Å². The average molecular weight is 373 g/mol. The summed E-state index contributed by atoms with van der Waals surface area (Å²) < 4.78 is 0. The molecule has 6 heteroatoms. The van der Waals surface area contributed by atoms with Gasteiger partial charge in [-0.3, -0.25) is 9.69 Å². The monoisotopic (exact) mass is 372 g/mol. The number of phenols is 1. The lowest BCUT2D eigenvalue weighted by Gasteiger charge is -2.13. The zero-order valence-corrected chi connectivity index (χ0v) is 15.2. The molecule has 1 fully saturated rings. The lowest BCUT2D eigenvalue weighted by Crippen LogP contribution is -2.29. The first-order valence-electron chi connectivity index (χ1n) is 7.91. The number of amides is 1. The molecular weight excluding hydrogens is 356 g/mol. The summed E-state index contributed by atoms with van der Waals surface area (Å²) in [5, 5.41) is 10.7. The van der Waals surface area contributed by atoms with Crippen molar-refractivity contribution in [2.45, 2.75) is 13.3 Å². The third kappa shape index (κ3) is 4.24. The molecule has 1 N–H and O–H groups in total. The number of hydrogen-bond acceptors (Lipinski definition) is 4. The number of rotatable bonds is 4. The number of amidine groups is 1. The number of thioether (sulfide) groups is 1. The molecule has 0 aliphatic carbocycles. The van der Waals surface area contributed by atoms with Crippen LogP contribution in [0, 0.1) is 0 Å². The van der Waals surface area contributed by atoms with E-state index in [0.29, 0.717) is 21.6 Å². The van der Waals surface area contributed by atoms with Gasteiger partial charge in [-0.1, -0.05) is 30.7 Å². The maximum atomic E-state index is 12.7. The molecular formula is C19H17ClN2O2S. The third-order valence-corrected chi connectivity index (χ3v) is 4.84. The number of nitrogens with zero attached hydrogens (tertiary/aromatic N) is 2. The minimum atomic E-state index is -0.0485. The number of benzene rings is 2. The maximum Gasteiger partial charge on any atom is 0.266 e. The van der Waals surface area contributed by atoms with Crippen LogP contribution < -0.4 is 0 Å². The molecule has 2 aromatic rings. The lowest BCUT2D eigenvalue weighted by molar-refractivity contribution is -0.122. The summed E-state index contributed by atoms with van der Waals surface area (Å²) >= 11 is 7.27. The number of aliphatic imine (C=N–C) groups is 1. The van der Waals surface area contributed by atoms with Gasteiger partial charge in [-0.15, -0.1) is 0 Å². The van der Waals surface area contributed by atoms with Crippen molar-refractivity contribution in [1.29, 1.82) is 0 Å². The minimum Gasteiger partial charge on any atom is -0.508 e. The first-order chi connectivity index (χ1) is 12.1. The molecule has 0 atom stereocenters. The van der Waals surface area contributed by atoms with Crippen LogP contribution >= 0.6 is 23.4 Å². The van der Waals surface area contributed by atoms with Crippen LogP contribution in [-0.4, -0.2) is 27.6 Å². The van der Waals surface area contributed by atoms with Gasteiger partial charge in [-0.05, 0) is 66.2 Å². The molecule has 0 saturated carbocycles. The van der Waals surface area contributed by atoms with E-state index < -0.39 is 0 Å². The van der Waals surface area contributed by atoms with E-state index in [-0.39, 0.29) is 11.7 Å². The fourth-order valence-electron chi connectivity index (χ4n) is 2.36. The van der Waals surface area contributed by atoms with Crippen molar-refractivity contribution in [1.82, 2.24) is 4.90 Å². The Morgan fingerprint density at radius 1 is 1.16 bits per heavy atom. The number of carbonyl (C=O) groups excluding carboxylic acids is 1. The van der Waals surface area contributed by atoms with Gasteiger partial charge in [-0.2, -0.15) is 0 Å². The van der Waals surface area contributed by atoms with Crippen molar-refractivity contribution in [3.8, 4) is 5.75 Å². The molecule has 1 heterocycles. The van der Waals surface area contributed by atoms with E-state index in [0.717, 1.165) is 17.7 Å². The third-order valence-electron chi connectivity index (χ3n) is 3.58.